The van der Waals surface area contributed by atoms with E-state index in [0.717, 1.165) is 47.0 Å². The molecule has 3 N–H and O–H groups in total. The van der Waals surface area contributed by atoms with Crippen LogP contribution in [0.15, 0.2) is 60.9 Å². The Kier molecular flexibility index (Phi) is 6.67. The monoisotopic (exact) mass is 497 g/mol. The first-order valence-corrected chi connectivity index (χ1v) is 12.4. The van der Waals surface area contributed by atoms with Gasteiger partial charge in [0.15, 0.2) is 0 Å². The molecule has 2 aromatic carbocycles. The van der Waals surface area contributed by atoms with Gasteiger partial charge in [0.2, 0.25) is 0 Å². The molecule has 0 saturated carbocycles. The highest BCUT2D eigenvalue weighted by molar-refractivity contribution is 6.31. The van der Waals surface area contributed by atoms with Gasteiger partial charge in [-0.25, -0.2) is 4.98 Å². The normalized spacial score (nSPS) is 20.4. The van der Waals surface area contributed by atoms with Gasteiger partial charge >= 0.3 is 0 Å². The third-order valence-electron chi connectivity index (χ3n) is 6.74. The highest BCUT2D eigenvalue weighted by Crippen LogP contribution is 2.31. The minimum Gasteiger partial charge on any atom is -0.497 e. The summed E-state index contributed by atoms with van der Waals surface area (Å²) in [6.07, 6.45) is 3.42. The van der Waals surface area contributed by atoms with E-state index >= 15 is 0 Å². The van der Waals surface area contributed by atoms with E-state index in [2.05, 4.69) is 34.7 Å². The molecule has 8 heteroatoms. The fraction of sp³-hybridized carbons (Fsp3) is 0.276. The van der Waals surface area contributed by atoms with Crippen molar-refractivity contribution in [2.75, 3.05) is 30.4 Å². The van der Waals surface area contributed by atoms with E-state index in [4.69, 9.17) is 9.72 Å². The maximum atomic E-state index is 12.8. The number of imide groups is 1. The number of fused-ring (bicyclic) bond motifs is 1. The van der Waals surface area contributed by atoms with Crippen molar-refractivity contribution in [2.24, 2.45) is 0 Å². The van der Waals surface area contributed by atoms with Crippen LogP contribution in [0.4, 0.5) is 11.5 Å². The number of hydrogen-bond acceptors (Lipinski definition) is 7. The van der Waals surface area contributed by atoms with Crippen LogP contribution in [0.25, 0.3) is 16.7 Å². The van der Waals surface area contributed by atoms with Crippen molar-refractivity contribution in [1.29, 1.82) is 0 Å². The summed E-state index contributed by atoms with van der Waals surface area (Å²) in [6, 6.07) is 16.0. The van der Waals surface area contributed by atoms with Crippen molar-refractivity contribution < 1.29 is 14.3 Å². The molecule has 190 valence electrons. The van der Waals surface area contributed by atoms with Gasteiger partial charge in [-0.05, 0) is 67.8 Å². The van der Waals surface area contributed by atoms with Gasteiger partial charge in [0, 0.05) is 42.5 Å². The van der Waals surface area contributed by atoms with Gasteiger partial charge in [0.05, 0.1) is 24.6 Å². The Balaban J connectivity index is 1.42. The van der Waals surface area contributed by atoms with Gasteiger partial charge in [0.25, 0.3) is 11.8 Å². The van der Waals surface area contributed by atoms with Gasteiger partial charge in [-0.15, -0.1) is 0 Å². The number of methoxy groups -OCH3 is 1. The topological polar surface area (TPSA) is 95.6 Å². The number of nitrogens with one attached hydrogen (secondary N) is 3. The Labute approximate surface area is 216 Å². The molecule has 8 nitrogen and oxygen atoms in total. The fourth-order valence-electron chi connectivity index (χ4n) is 5.06. The van der Waals surface area contributed by atoms with Crippen molar-refractivity contribution in [3.8, 4) is 16.9 Å². The summed E-state index contributed by atoms with van der Waals surface area (Å²) in [5.74, 6) is 0.882. The van der Waals surface area contributed by atoms with E-state index in [1.54, 1.807) is 25.6 Å². The predicted octanol–water partition coefficient (Wildman–Crippen LogP) is 3.98. The van der Waals surface area contributed by atoms with Gasteiger partial charge < -0.3 is 20.3 Å². The highest BCUT2D eigenvalue weighted by atomic mass is 16.5. The molecule has 0 radical (unpaired) electrons. The maximum absolute atomic E-state index is 12.8. The first-order chi connectivity index (χ1) is 17.8. The number of aromatic nitrogens is 1. The quantitative estimate of drug-likeness (QED) is 0.363. The number of aryl methyl sites for hydroxylation is 1. The van der Waals surface area contributed by atoms with Crippen LogP contribution in [-0.4, -0.2) is 49.1 Å². The van der Waals surface area contributed by atoms with Crippen LogP contribution in [-0.2, 0) is 4.79 Å². The number of amides is 2. The number of anilines is 2. The molecule has 5 rings (SSSR count). The Morgan fingerprint density at radius 2 is 1.68 bits per heavy atom. The molecule has 2 amide bonds. The molecule has 37 heavy (non-hydrogen) atoms. The summed E-state index contributed by atoms with van der Waals surface area (Å²) in [5.41, 5.74) is 5.10. The lowest BCUT2D eigenvalue weighted by Crippen LogP contribution is -2.54. The molecule has 1 fully saturated rings. The van der Waals surface area contributed by atoms with Crippen LogP contribution in [0.2, 0.25) is 0 Å². The Morgan fingerprint density at radius 3 is 2.35 bits per heavy atom. The van der Waals surface area contributed by atoms with Crippen molar-refractivity contribution in [1.82, 2.24) is 15.6 Å². The number of carbonyl (C=O) groups is 2. The molecular weight excluding hydrogens is 466 g/mol. The molecule has 2 aliphatic heterocycles. The lowest BCUT2D eigenvalue weighted by atomic mass is 9.91. The number of ether oxygens (including phenoxy) is 1. The van der Waals surface area contributed by atoms with Crippen LogP contribution >= 0.6 is 0 Å². The molecular formula is C29H31N5O3. The third kappa shape index (κ3) is 5.06. The SMILES string of the molecule is COc1ccc(-c2ccc3c(c2)/C(=C/Nc2cnc(N4C[C@@H](C)N[C@@H](C)C4)c(C)c2)C(=O)NC3=O)cc1. The van der Waals surface area contributed by atoms with Crippen LogP contribution in [0.1, 0.15) is 35.3 Å². The summed E-state index contributed by atoms with van der Waals surface area (Å²) in [4.78, 5) is 32.4. The van der Waals surface area contributed by atoms with E-state index in [-0.39, 0.29) is 0 Å². The number of pyridine rings is 1. The number of rotatable bonds is 5. The molecule has 0 bridgehead atoms. The largest absolute Gasteiger partial charge is 0.497 e. The number of hydrogen-bond donors (Lipinski definition) is 3. The minimum atomic E-state index is -0.443. The number of piperazine rings is 1. The van der Waals surface area contributed by atoms with Gasteiger partial charge in [-0.1, -0.05) is 18.2 Å². The smallest absolute Gasteiger partial charge is 0.260 e. The number of benzene rings is 2. The second-order valence-corrected chi connectivity index (χ2v) is 9.71. The van der Waals surface area contributed by atoms with Crippen LogP contribution < -0.4 is 25.6 Å². The summed E-state index contributed by atoms with van der Waals surface area (Å²) >= 11 is 0. The zero-order valence-corrected chi connectivity index (χ0v) is 21.5. The first kappa shape index (κ1) is 24.5. The molecule has 0 unspecified atom stereocenters. The number of carbonyl (C=O) groups excluding carboxylic acids is 2. The van der Waals surface area contributed by atoms with E-state index in [1.165, 1.54) is 0 Å². The van der Waals surface area contributed by atoms with E-state index in [0.29, 0.717) is 28.8 Å². The third-order valence-corrected chi connectivity index (χ3v) is 6.74. The average Bonchev–Trinajstić information content (AvgIpc) is 2.87. The second kappa shape index (κ2) is 10.1. The molecule has 2 atom stereocenters. The molecule has 2 aliphatic rings. The van der Waals surface area contributed by atoms with E-state index in [9.17, 15) is 9.59 Å². The predicted molar refractivity (Wildman–Crippen MR) is 146 cm³/mol. The van der Waals surface area contributed by atoms with Gasteiger partial charge in [0.1, 0.15) is 11.6 Å². The highest BCUT2D eigenvalue weighted by Gasteiger charge is 2.28. The van der Waals surface area contributed by atoms with Crippen molar-refractivity contribution in [2.45, 2.75) is 32.9 Å². The summed E-state index contributed by atoms with van der Waals surface area (Å²) in [7, 11) is 1.62. The summed E-state index contributed by atoms with van der Waals surface area (Å²) < 4.78 is 5.25. The van der Waals surface area contributed by atoms with Crippen molar-refractivity contribution in [3.63, 3.8) is 0 Å². The van der Waals surface area contributed by atoms with Gasteiger partial charge in [-0.2, -0.15) is 0 Å². The van der Waals surface area contributed by atoms with E-state index < -0.39 is 11.8 Å². The van der Waals surface area contributed by atoms with Crippen LogP contribution in [0.5, 0.6) is 5.75 Å². The zero-order valence-electron chi connectivity index (χ0n) is 21.5. The minimum absolute atomic E-state index is 0.386. The Hall–Kier alpha value is -4.17. The lowest BCUT2D eigenvalue weighted by molar-refractivity contribution is -0.114. The molecule has 1 aromatic heterocycles. The molecule has 0 spiro atoms. The van der Waals surface area contributed by atoms with Crippen LogP contribution in [0.3, 0.4) is 0 Å². The molecule has 1 saturated heterocycles. The Bertz CT molecular complexity index is 1370. The van der Waals surface area contributed by atoms with Gasteiger partial charge in [-0.3, -0.25) is 14.9 Å². The fourth-order valence-corrected chi connectivity index (χ4v) is 5.06. The second-order valence-electron chi connectivity index (χ2n) is 9.71. The Morgan fingerprint density at radius 1 is 0.973 bits per heavy atom. The van der Waals surface area contributed by atoms with Crippen molar-refractivity contribution >= 4 is 28.9 Å². The van der Waals surface area contributed by atoms with E-state index in [1.807, 2.05) is 49.4 Å². The molecule has 3 heterocycles. The standard InChI is InChI=1S/C29H31N5O3/c1-17-11-22(13-31-27(17)34-15-18(2)32-19(3)16-34)30-14-26-25-12-21(20-5-8-23(37-4)9-6-20)7-10-24(25)28(35)33-29(26)36/h5-14,18-19,30,32H,15-16H2,1-4H3,(H,33,35,36)/b26-14-/t18-,19+. The molecule has 0 aliphatic carbocycles. The maximum Gasteiger partial charge on any atom is 0.260 e. The average molecular weight is 498 g/mol. The van der Waals surface area contributed by atoms with Crippen LogP contribution in [0, 0.1) is 6.92 Å². The molecule has 3 aromatic rings. The number of nitrogens with zero attached hydrogens (tertiary/aromatic N) is 2. The summed E-state index contributed by atoms with van der Waals surface area (Å²) in [6.45, 7) is 8.20. The summed E-state index contributed by atoms with van der Waals surface area (Å²) in [5, 5.41) is 9.20. The van der Waals surface area contributed by atoms with Crippen molar-refractivity contribution in [3.05, 3.63) is 77.6 Å². The zero-order chi connectivity index (χ0) is 26.1. The first-order valence-electron chi connectivity index (χ1n) is 12.4. The lowest BCUT2D eigenvalue weighted by Gasteiger charge is -2.37.